The van der Waals surface area contributed by atoms with E-state index in [1.165, 1.54) is 96.3 Å². The molecule has 0 aliphatic carbocycles. The van der Waals surface area contributed by atoms with Gasteiger partial charge in [0.05, 0.1) is 66.1 Å². The van der Waals surface area contributed by atoms with E-state index in [9.17, 15) is 24.0 Å². The van der Waals surface area contributed by atoms with Crippen LogP contribution in [-0.4, -0.2) is 229 Å². The molecule has 0 aromatic heterocycles. The average molecular weight is 1180 g/mol. The van der Waals surface area contributed by atoms with Crippen LogP contribution in [0.25, 0.3) is 0 Å². The summed E-state index contributed by atoms with van der Waals surface area (Å²) in [6, 6.07) is 0. The second-order valence-corrected chi connectivity index (χ2v) is 17.9. The minimum absolute atomic E-state index is 0.337. The van der Waals surface area contributed by atoms with Gasteiger partial charge in [-0.05, 0) is 32.1 Å². The molecule has 0 unspecified atom stereocenters. The van der Waals surface area contributed by atoms with Crippen LogP contribution in [-0.2, 0) is 24.0 Å². The summed E-state index contributed by atoms with van der Waals surface area (Å²) in [7, 11) is 0. The second kappa shape index (κ2) is 95.0. The molecular formula is C55H120O25. The molecule has 0 saturated heterocycles. The van der Waals surface area contributed by atoms with Gasteiger partial charge in [0, 0.05) is 32.1 Å². The summed E-state index contributed by atoms with van der Waals surface area (Å²) in [5.41, 5.74) is 0. The van der Waals surface area contributed by atoms with Crippen molar-refractivity contribution in [1.82, 2.24) is 0 Å². The lowest BCUT2D eigenvalue weighted by Gasteiger charge is -1.96. The zero-order valence-corrected chi connectivity index (χ0v) is 49.7. The number of carbonyl (C=O) groups is 5. The summed E-state index contributed by atoms with van der Waals surface area (Å²) in [6.07, 6.45) is 24.7. The molecule has 0 fully saturated rings. The van der Waals surface area contributed by atoms with E-state index in [0.29, 0.717) is 32.1 Å². The number of hydrogen-bond acceptors (Lipinski definition) is 20. The maximum atomic E-state index is 10.0. The fourth-order valence-corrected chi connectivity index (χ4v) is 4.69. The van der Waals surface area contributed by atoms with E-state index in [2.05, 4.69) is 34.6 Å². The number of aliphatic hydroxyl groups excluding tert-OH is 15. The van der Waals surface area contributed by atoms with Crippen LogP contribution in [0.4, 0.5) is 0 Å². The minimum Gasteiger partial charge on any atom is -0.481 e. The van der Waals surface area contributed by atoms with Crippen LogP contribution in [0.5, 0.6) is 0 Å². The normalized spacial score (nSPS) is 9.81. The van der Waals surface area contributed by atoms with Crippen molar-refractivity contribution < 1.29 is 126 Å². The molecule has 0 aliphatic rings. The first kappa shape index (κ1) is 98.8. The fourth-order valence-electron chi connectivity index (χ4n) is 4.69. The van der Waals surface area contributed by atoms with Crippen molar-refractivity contribution in [2.75, 3.05) is 66.1 Å². The van der Waals surface area contributed by atoms with Gasteiger partial charge in [-0.1, -0.05) is 163 Å². The zero-order valence-electron chi connectivity index (χ0n) is 49.7. The lowest BCUT2D eigenvalue weighted by molar-refractivity contribution is -0.138. The van der Waals surface area contributed by atoms with E-state index in [4.69, 9.17) is 102 Å². The Morgan fingerprint density at radius 2 is 0.312 bits per heavy atom. The maximum Gasteiger partial charge on any atom is 0.303 e. The lowest BCUT2D eigenvalue weighted by atomic mass is 10.1. The van der Waals surface area contributed by atoms with Crippen molar-refractivity contribution in [3.8, 4) is 0 Å². The highest BCUT2D eigenvalue weighted by atomic mass is 16.4. The van der Waals surface area contributed by atoms with E-state index in [0.717, 1.165) is 64.2 Å². The van der Waals surface area contributed by atoms with Crippen molar-refractivity contribution >= 4 is 29.8 Å². The van der Waals surface area contributed by atoms with Gasteiger partial charge in [0.15, 0.2) is 0 Å². The molecule has 0 amide bonds. The van der Waals surface area contributed by atoms with Gasteiger partial charge in [0.2, 0.25) is 0 Å². The van der Waals surface area contributed by atoms with Crippen LogP contribution in [0.15, 0.2) is 0 Å². The first-order valence-corrected chi connectivity index (χ1v) is 28.5. The summed E-state index contributed by atoms with van der Waals surface area (Å²) in [4.78, 5) is 50.2. The molecule has 80 heavy (non-hydrogen) atoms. The molecule has 0 bridgehead atoms. The Labute approximate surface area is 478 Å². The maximum absolute atomic E-state index is 10.0. The van der Waals surface area contributed by atoms with Crippen molar-refractivity contribution in [3.05, 3.63) is 0 Å². The van der Waals surface area contributed by atoms with Gasteiger partial charge in [-0.2, -0.15) is 0 Å². The predicted molar refractivity (Wildman–Crippen MR) is 306 cm³/mol. The molecule has 490 valence electrons. The third kappa shape index (κ3) is 152. The Morgan fingerprint density at radius 1 is 0.212 bits per heavy atom. The van der Waals surface area contributed by atoms with Crippen LogP contribution in [0, 0.1) is 0 Å². The van der Waals surface area contributed by atoms with Gasteiger partial charge in [-0.15, -0.1) is 0 Å². The minimum atomic E-state index is -0.954. The number of rotatable bonds is 40. The Balaban J connectivity index is -0.0000000858. The summed E-state index contributed by atoms with van der Waals surface area (Å²) >= 11 is 0. The first-order chi connectivity index (χ1) is 37.9. The number of aliphatic carboxylic acids is 5. The second-order valence-electron chi connectivity index (χ2n) is 17.9. The quantitative estimate of drug-likeness (QED) is 0.0388. The number of aliphatic hydroxyl groups is 15. The van der Waals surface area contributed by atoms with Gasteiger partial charge in [-0.25, -0.2) is 0 Å². The van der Waals surface area contributed by atoms with Gasteiger partial charge >= 0.3 is 29.8 Å². The third-order valence-corrected chi connectivity index (χ3v) is 9.58. The molecule has 20 N–H and O–H groups in total. The van der Waals surface area contributed by atoms with E-state index in [-0.39, 0.29) is 66.1 Å². The van der Waals surface area contributed by atoms with Crippen LogP contribution >= 0.6 is 0 Å². The highest BCUT2D eigenvalue weighted by Gasteiger charge is 2.00. The van der Waals surface area contributed by atoms with E-state index < -0.39 is 60.4 Å². The fraction of sp³-hybridized carbons (Fsp3) is 0.909. The molecule has 25 heteroatoms. The highest BCUT2D eigenvalue weighted by molar-refractivity contribution is 5.67. The molecule has 0 rings (SSSR count). The van der Waals surface area contributed by atoms with E-state index in [1.807, 2.05) is 0 Å². The first-order valence-electron chi connectivity index (χ1n) is 28.5. The van der Waals surface area contributed by atoms with E-state index in [1.54, 1.807) is 0 Å². The third-order valence-electron chi connectivity index (χ3n) is 9.58. The molecule has 0 heterocycles. The standard InChI is InChI=1S/5C8H16O2.5C3H8O3/c5*1-2-3-4-5-6-7-8(9)10;5*4-1-3(6)2-5/h5*2-7H2,1H3,(H,9,10);5*3-6H,1-2H2. The Hall–Kier alpha value is -3.25. The van der Waals surface area contributed by atoms with Gasteiger partial charge in [-0.3, -0.25) is 24.0 Å². The zero-order chi connectivity index (χ0) is 64.1. The molecule has 0 aliphatic heterocycles. The summed E-state index contributed by atoms with van der Waals surface area (Å²) in [5, 5.41) is 161. The molecule has 0 radical (unpaired) electrons. The lowest BCUT2D eigenvalue weighted by Crippen LogP contribution is -2.15. The van der Waals surface area contributed by atoms with Crippen LogP contribution < -0.4 is 0 Å². The smallest absolute Gasteiger partial charge is 0.303 e. The van der Waals surface area contributed by atoms with Crippen LogP contribution in [0.2, 0.25) is 0 Å². The molecule has 0 atom stereocenters. The van der Waals surface area contributed by atoms with Crippen LogP contribution in [0.1, 0.15) is 227 Å². The van der Waals surface area contributed by atoms with Gasteiger partial charge < -0.3 is 102 Å². The number of hydrogen-bond donors (Lipinski definition) is 20. The van der Waals surface area contributed by atoms with Crippen molar-refractivity contribution in [2.24, 2.45) is 0 Å². The monoisotopic (exact) mass is 1180 g/mol. The van der Waals surface area contributed by atoms with Gasteiger partial charge in [0.1, 0.15) is 30.5 Å². The van der Waals surface area contributed by atoms with Crippen molar-refractivity contribution in [1.29, 1.82) is 0 Å². The molecule has 0 aromatic carbocycles. The largest absolute Gasteiger partial charge is 0.481 e. The summed E-state index contributed by atoms with van der Waals surface area (Å²) in [5.74, 6) is -3.35. The highest BCUT2D eigenvalue weighted by Crippen LogP contribution is 2.07. The van der Waals surface area contributed by atoms with Crippen LogP contribution in [0.3, 0.4) is 0 Å². The topological polar surface area (TPSA) is 490 Å². The molecule has 0 spiro atoms. The molecule has 0 aromatic rings. The SMILES string of the molecule is CCCCCCCC(=O)O.CCCCCCCC(=O)O.CCCCCCCC(=O)O.CCCCCCCC(=O)O.CCCCCCCC(=O)O.OCC(O)CO.OCC(O)CO.OCC(O)CO.OCC(O)CO.OCC(O)CO. The molecule has 0 saturated carbocycles. The predicted octanol–water partition coefficient (Wildman–Crippen LogP) is 3.82. The van der Waals surface area contributed by atoms with Crippen molar-refractivity contribution in [3.63, 3.8) is 0 Å². The van der Waals surface area contributed by atoms with Gasteiger partial charge in [0.25, 0.3) is 0 Å². The van der Waals surface area contributed by atoms with Crippen molar-refractivity contribution in [2.45, 2.75) is 258 Å². The number of carboxylic acid groups (broad SMARTS) is 5. The molecular weight excluding hydrogens is 1060 g/mol. The Bertz CT molecular complexity index is 924. The number of unbranched alkanes of at least 4 members (excludes halogenated alkanes) is 20. The van der Waals surface area contributed by atoms with E-state index >= 15 is 0 Å². The summed E-state index contributed by atoms with van der Waals surface area (Å²) in [6.45, 7) is 7.10. The molecule has 25 nitrogen and oxygen atoms in total. The Morgan fingerprint density at radius 3 is 0.375 bits per heavy atom. The summed E-state index contributed by atoms with van der Waals surface area (Å²) < 4.78 is 0. The number of carboxylic acids is 5. The Kier molecular flexibility index (Phi) is 117. The average Bonchev–Trinajstić information content (AvgIpc) is 3.44.